The fourth-order valence-corrected chi connectivity index (χ4v) is 9.75. The predicted molar refractivity (Wildman–Crippen MR) is 362 cm³/mol. The molecule has 0 aliphatic rings. The molecule has 83 heavy (non-hydrogen) atoms. The molecule has 474 valence electrons. The highest BCUT2D eigenvalue weighted by atomic mass is 16.6. The van der Waals surface area contributed by atoms with Crippen molar-refractivity contribution >= 4 is 17.9 Å². The molecular formula is C77H130O6. The molecule has 0 N–H and O–H groups in total. The molecule has 0 bridgehead atoms. The van der Waals surface area contributed by atoms with E-state index in [0.29, 0.717) is 19.3 Å². The van der Waals surface area contributed by atoms with E-state index in [2.05, 4.69) is 142 Å². The third-order valence-electron chi connectivity index (χ3n) is 14.9. The van der Waals surface area contributed by atoms with Crippen molar-refractivity contribution in [2.75, 3.05) is 13.2 Å². The van der Waals surface area contributed by atoms with Crippen LogP contribution in [0.3, 0.4) is 0 Å². The zero-order valence-corrected chi connectivity index (χ0v) is 54.4. The molecule has 0 amide bonds. The second-order valence-electron chi connectivity index (χ2n) is 23.0. The number of carbonyl (C=O) groups excluding carboxylic acids is 3. The fourth-order valence-electron chi connectivity index (χ4n) is 9.75. The molecule has 0 aromatic carbocycles. The average Bonchev–Trinajstić information content (AvgIpc) is 3.49. The SMILES string of the molecule is CC/C=C\C/C=C\C/C=C\C/C=C\C/C=C\CCCCCC(=O)OCC(COC(=O)CCCCCCCCCCCCCC/C=C\C/C=C\C/C=C\C/C=C\CC)OC(=O)CCCCCCCCCCC/C=C\CCCCCCCCCC. The molecule has 6 nitrogen and oxygen atoms in total. The first kappa shape index (κ1) is 78.8. The van der Waals surface area contributed by atoms with Gasteiger partial charge in [-0.2, -0.15) is 0 Å². The van der Waals surface area contributed by atoms with Gasteiger partial charge in [-0.25, -0.2) is 0 Å². The summed E-state index contributed by atoms with van der Waals surface area (Å²) < 4.78 is 17.0. The van der Waals surface area contributed by atoms with Gasteiger partial charge in [-0.15, -0.1) is 0 Å². The first-order valence-corrected chi connectivity index (χ1v) is 35.0. The van der Waals surface area contributed by atoms with Crippen LogP contribution in [-0.2, 0) is 28.6 Å². The Kier molecular flexibility index (Phi) is 66.7. The molecule has 0 aliphatic carbocycles. The average molecular weight is 1150 g/mol. The zero-order chi connectivity index (χ0) is 59.9. The van der Waals surface area contributed by atoms with E-state index >= 15 is 0 Å². The molecule has 0 heterocycles. The van der Waals surface area contributed by atoms with E-state index in [9.17, 15) is 14.4 Å². The summed E-state index contributed by atoms with van der Waals surface area (Å²) in [6.45, 7) is 6.42. The van der Waals surface area contributed by atoms with Crippen LogP contribution in [0.4, 0.5) is 0 Å². The van der Waals surface area contributed by atoms with E-state index < -0.39 is 6.10 Å². The van der Waals surface area contributed by atoms with Gasteiger partial charge in [0.1, 0.15) is 13.2 Å². The monoisotopic (exact) mass is 1150 g/mol. The Morgan fingerprint density at radius 2 is 0.470 bits per heavy atom. The van der Waals surface area contributed by atoms with Crippen LogP contribution in [-0.4, -0.2) is 37.2 Å². The van der Waals surface area contributed by atoms with Crippen molar-refractivity contribution in [2.45, 2.75) is 335 Å². The Bertz CT molecular complexity index is 1700. The van der Waals surface area contributed by atoms with Gasteiger partial charge in [-0.1, -0.05) is 303 Å². The number of hydrogen-bond donors (Lipinski definition) is 0. The Labute approximate surface area is 513 Å². The van der Waals surface area contributed by atoms with E-state index in [4.69, 9.17) is 14.2 Å². The van der Waals surface area contributed by atoms with Crippen LogP contribution in [0.25, 0.3) is 0 Å². The molecule has 0 aliphatic heterocycles. The van der Waals surface area contributed by atoms with E-state index in [1.165, 1.54) is 167 Å². The smallest absolute Gasteiger partial charge is 0.306 e. The summed E-state index contributed by atoms with van der Waals surface area (Å²) in [4.78, 5) is 38.5. The number of carbonyl (C=O) groups is 3. The highest BCUT2D eigenvalue weighted by Crippen LogP contribution is 2.17. The van der Waals surface area contributed by atoms with Gasteiger partial charge >= 0.3 is 17.9 Å². The summed E-state index contributed by atoms with van der Waals surface area (Å²) in [6.07, 6.45) is 97.9. The summed E-state index contributed by atoms with van der Waals surface area (Å²) in [5.74, 6) is -0.917. The molecule has 0 rings (SSSR count). The second kappa shape index (κ2) is 70.3. The van der Waals surface area contributed by atoms with Crippen molar-refractivity contribution < 1.29 is 28.6 Å². The van der Waals surface area contributed by atoms with Gasteiger partial charge in [-0.05, 0) is 128 Å². The number of ether oxygens (including phenoxy) is 3. The lowest BCUT2D eigenvalue weighted by atomic mass is 10.0. The van der Waals surface area contributed by atoms with Crippen molar-refractivity contribution in [3.63, 3.8) is 0 Å². The minimum atomic E-state index is -0.799. The molecule has 0 aromatic heterocycles. The number of rotatable bonds is 63. The zero-order valence-electron chi connectivity index (χ0n) is 54.4. The van der Waals surface area contributed by atoms with Gasteiger partial charge in [-0.3, -0.25) is 14.4 Å². The summed E-state index contributed by atoms with van der Waals surface area (Å²) >= 11 is 0. The quantitative estimate of drug-likeness (QED) is 0.0261. The van der Waals surface area contributed by atoms with Gasteiger partial charge in [0, 0.05) is 19.3 Å². The van der Waals surface area contributed by atoms with Crippen molar-refractivity contribution in [3.8, 4) is 0 Å². The van der Waals surface area contributed by atoms with Crippen LogP contribution < -0.4 is 0 Å². The van der Waals surface area contributed by atoms with Gasteiger partial charge < -0.3 is 14.2 Å². The van der Waals surface area contributed by atoms with Crippen LogP contribution in [0.5, 0.6) is 0 Å². The molecule has 0 spiro atoms. The predicted octanol–water partition coefficient (Wildman–Crippen LogP) is 24.3. The minimum absolute atomic E-state index is 0.0913. The minimum Gasteiger partial charge on any atom is -0.462 e. The first-order chi connectivity index (χ1) is 41.0. The molecule has 0 saturated heterocycles. The molecule has 6 heteroatoms. The largest absolute Gasteiger partial charge is 0.462 e. The van der Waals surface area contributed by atoms with Crippen LogP contribution in [0, 0.1) is 0 Å². The van der Waals surface area contributed by atoms with Crippen LogP contribution >= 0.6 is 0 Å². The third-order valence-corrected chi connectivity index (χ3v) is 14.9. The lowest BCUT2D eigenvalue weighted by Crippen LogP contribution is -2.30. The molecule has 0 saturated carbocycles. The second-order valence-corrected chi connectivity index (χ2v) is 23.0. The highest BCUT2D eigenvalue weighted by Gasteiger charge is 2.19. The molecule has 0 aromatic rings. The van der Waals surface area contributed by atoms with Crippen LogP contribution in [0.1, 0.15) is 329 Å². The van der Waals surface area contributed by atoms with Crippen molar-refractivity contribution in [1.82, 2.24) is 0 Å². The van der Waals surface area contributed by atoms with Gasteiger partial charge in [0.25, 0.3) is 0 Å². The third kappa shape index (κ3) is 68.5. The van der Waals surface area contributed by atoms with Crippen molar-refractivity contribution in [1.29, 1.82) is 0 Å². The van der Waals surface area contributed by atoms with Gasteiger partial charge in [0.2, 0.25) is 0 Å². The van der Waals surface area contributed by atoms with Crippen molar-refractivity contribution in [2.24, 2.45) is 0 Å². The van der Waals surface area contributed by atoms with E-state index in [1.807, 2.05) is 0 Å². The lowest BCUT2D eigenvalue weighted by Gasteiger charge is -2.18. The molecule has 1 atom stereocenters. The maximum absolute atomic E-state index is 13.0. The first-order valence-electron chi connectivity index (χ1n) is 35.0. The molecule has 1 unspecified atom stereocenters. The number of allylic oxidation sites excluding steroid dienone is 20. The van der Waals surface area contributed by atoms with Gasteiger partial charge in [0.05, 0.1) is 0 Å². The van der Waals surface area contributed by atoms with E-state index in [-0.39, 0.29) is 31.1 Å². The fraction of sp³-hybridized carbons (Fsp3) is 0.701. The maximum Gasteiger partial charge on any atom is 0.306 e. The maximum atomic E-state index is 13.0. The Morgan fingerprint density at radius 3 is 0.759 bits per heavy atom. The normalized spacial score (nSPS) is 12.9. The summed E-state index contributed by atoms with van der Waals surface area (Å²) in [5.41, 5.74) is 0. The van der Waals surface area contributed by atoms with Crippen molar-refractivity contribution in [3.05, 3.63) is 122 Å². The standard InChI is InChI=1S/C77H130O6/c1-4-7-10-13-16-19-22-25-28-31-34-36-37-38-39-41-43-46-49-52-55-58-61-64-67-70-76(79)82-73-74(72-81-75(78)69-66-63-60-57-54-51-48-45-42-33-30-27-24-21-18-15-12-9-6-3)83-77(80)71-68-65-62-59-56-53-50-47-44-40-35-32-29-26-23-20-17-14-11-8-5-2/h7,9-10,12,16,18-19,21,25,27-28,30,32,34-36,42,45,51,54,74H,4-6,8,11,13-15,17,20,22-24,26,29,31,33,37-41,43-44,46-50,52-53,55-73H2,1-3H3/b10-7-,12-9-,19-16-,21-18-,28-25-,30-27-,35-32-,36-34-,45-42-,54-51-. The highest BCUT2D eigenvalue weighted by molar-refractivity contribution is 5.71. The van der Waals surface area contributed by atoms with E-state index in [1.54, 1.807) is 0 Å². The summed E-state index contributed by atoms with van der Waals surface area (Å²) in [6, 6.07) is 0. The Hall–Kier alpha value is -4.19. The molecule has 0 fully saturated rings. The number of unbranched alkanes of at least 4 members (excludes halogenated alkanes) is 32. The Balaban J connectivity index is 4.41. The van der Waals surface area contributed by atoms with E-state index in [0.717, 1.165) is 122 Å². The van der Waals surface area contributed by atoms with Crippen LogP contribution in [0.2, 0.25) is 0 Å². The summed E-state index contributed by atoms with van der Waals surface area (Å²) in [7, 11) is 0. The number of hydrogen-bond acceptors (Lipinski definition) is 6. The summed E-state index contributed by atoms with van der Waals surface area (Å²) in [5, 5.41) is 0. The Morgan fingerprint density at radius 1 is 0.253 bits per heavy atom. The lowest BCUT2D eigenvalue weighted by molar-refractivity contribution is -0.167. The molecule has 0 radical (unpaired) electrons. The van der Waals surface area contributed by atoms with Gasteiger partial charge in [0.15, 0.2) is 6.10 Å². The molecular weight excluding hydrogens is 1020 g/mol. The topological polar surface area (TPSA) is 78.9 Å². The number of esters is 3. The van der Waals surface area contributed by atoms with Crippen LogP contribution in [0.15, 0.2) is 122 Å².